The Labute approximate surface area is 111 Å². The van der Waals surface area contributed by atoms with Crippen LogP contribution in [0.5, 0.6) is 0 Å². The second-order valence-corrected chi connectivity index (χ2v) is 5.80. The van der Waals surface area contributed by atoms with Crippen molar-refractivity contribution in [3.05, 3.63) is 33.3 Å². The van der Waals surface area contributed by atoms with Crippen LogP contribution in [0.2, 0.25) is 5.02 Å². The number of nitrogens with one attached hydrogen (secondary N) is 1. The van der Waals surface area contributed by atoms with Crippen molar-refractivity contribution in [3.63, 3.8) is 0 Å². The van der Waals surface area contributed by atoms with Gasteiger partial charge in [0.2, 0.25) is 0 Å². The van der Waals surface area contributed by atoms with E-state index in [4.69, 9.17) is 11.6 Å². The first kappa shape index (κ1) is 12.4. The van der Waals surface area contributed by atoms with Gasteiger partial charge in [-0.2, -0.15) is 0 Å². The lowest BCUT2D eigenvalue weighted by molar-refractivity contribution is 0.598. The maximum absolute atomic E-state index is 5.91. The van der Waals surface area contributed by atoms with Crippen molar-refractivity contribution in [1.29, 1.82) is 0 Å². The molecule has 1 saturated carbocycles. The minimum absolute atomic E-state index is 0.738. The summed E-state index contributed by atoms with van der Waals surface area (Å²) in [4.78, 5) is 0. The van der Waals surface area contributed by atoms with Crippen molar-refractivity contribution < 1.29 is 0 Å². The van der Waals surface area contributed by atoms with E-state index in [0.717, 1.165) is 28.0 Å². The molecule has 1 fully saturated rings. The van der Waals surface area contributed by atoms with Gasteiger partial charge < -0.3 is 5.32 Å². The van der Waals surface area contributed by atoms with Gasteiger partial charge in [0, 0.05) is 22.1 Å². The van der Waals surface area contributed by atoms with Gasteiger partial charge in [0.1, 0.15) is 0 Å². The van der Waals surface area contributed by atoms with Crippen molar-refractivity contribution in [2.24, 2.45) is 5.92 Å². The molecule has 0 aromatic heterocycles. The van der Waals surface area contributed by atoms with E-state index in [1.165, 1.54) is 24.8 Å². The predicted octanol–water partition coefficient (Wildman–Crippen LogP) is 4.38. The lowest BCUT2D eigenvalue weighted by Gasteiger charge is -2.06. The molecule has 1 aliphatic carbocycles. The summed E-state index contributed by atoms with van der Waals surface area (Å²) in [6.45, 7) is 3.19. The third kappa shape index (κ3) is 3.22. The van der Waals surface area contributed by atoms with Gasteiger partial charge in [-0.3, -0.25) is 0 Å². The minimum Gasteiger partial charge on any atom is -0.310 e. The average molecular weight is 303 g/mol. The van der Waals surface area contributed by atoms with Gasteiger partial charge >= 0.3 is 0 Å². The smallest absolute Gasteiger partial charge is 0.0417 e. The summed E-state index contributed by atoms with van der Waals surface area (Å²) in [7, 11) is 0. The molecule has 0 heterocycles. The van der Waals surface area contributed by atoms with Gasteiger partial charge in [-0.1, -0.05) is 46.9 Å². The highest BCUT2D eigenvalue weighted by Crippen LogP contribution is 2.35. The molecule has 1 aromatic rings. The van der Waals surface area contributed by atoms with Crippen molar-refractivity contribution in [3.8, 4) is 0 Å². The molecule has 0 aliphatic heterocycles. The summed E-state index contributed by atoms with van der Waals surface area (Å²) >= 11 is 9.45. The molecule has 1 N–H and O–H groups in total. The lowest BCUT2D eigenvalue weighted by Crippen LogP contribution is -2.17. The first-order valence-electron chi connectivity index (χ1n) is 5.88. The predicted molar refractivity (Wildman–Crippen MR) is 72.8 cm³/mol. The van der Waals surface area contributed by atoms with Gasteiger partial charge in [0.15, 0.2) is 0 Å². The highest BCUT2D eigenvalue weighted by Gasteiger charge is 2.35. The highest BCUT2D eigenvalue weighted by molar-refractivity contribution is 9.10. The second-order valence-electron chi connectivity index (χ2n) is 4.51. The van der Waals surface area contributed by atoms with Crippen molar-refractivity contribution in [2.75, 3.05) is 0 Å². The van der Waals surface area contributed by atoms with E-state index in [-0.39, 0.29) is 0 Å². The zero-order valence-electron chi connectivity index (χ0n) is 9.47. The van der Waals surface area contributed by atoms with Gasteiger partial charge in [0.25, 0.3) is 0 Å². The summed E-state index contributed by atoms with van der Waals surface area (Å²) < 4.78 is 1.10. The van der Waals surface area contributed by atoms with Crippen LogP contribution in [-0.2, 0) is 6.54 Å². The van der Waals surface area contributed by atoms with Crippen LogP contribution >= 0.6 is 27.5 Å². The van der Waals surface area contributed by atoms with Crippen LogP contribution in [0.1, 0.15) is 31.7 Å². The molecule has 0 amide bonds. The van der Waals surface area contributed by atoms with E-state index < -0.39 is 0 Å². The molecule has 0 spiro atoms. The van der Waals surface area contributed by atoms with Crippen molar-refractivity contribution >= 4 is 27.5 Å². The fourth-order valence-electron chi connectivity index (χ4n) is 2.09. The Morgan fingerprint density at radius 3 is 3.00 bits per heavy atom. The van der Waals surface area contributed by atoms with Gasteiger partial charge in [-0.25, -0.2) is 0 Å². The van der Waals surface area contributed by atoms with Crippen molar-refractivity contribution in [1.82, 2.24) is 5.32 Å². The summed E-state index contributed by atoms with van der Waals surface area (Å²) in [5.41, 5.74) is 1.28. The first-order chi connectivity index (χ1) is 7.70. The zero-order valence-corrected chi connectivity index (χ0v) is 11.8. The molecule has 1 nitrogen and oxygen atoms in total. The molecule has 2 atom stereocenters. The van der Waals surface area contributed by atoms with Gasteiger partial charge in [0.05, 0.1) is 0 Å². The maximum atomic E-state index is 5.91. The van der Waals surface area contributed by atoms with Crippen molar-refractivity contribution in [2.45, 2.75) is 38.8 Å². The standard InChI is InChI=1S/C13H17BrClN/c1-2-3-9-6-13(9)16-8-10-4-5-11(15)7-12(10)14/h4-5,7,9,13,16H,2-3,6,8H2,1H3. The average Bonchev–Trinajstić information content (AvgIpc) is 2.96. The fourth-order valence-corrected chi connectivity index (χ4v) is 2.92. The minimum atomic E-state index is 0.738. The van der Waals surface area contributed by atoms with Crippen LogP contribution in [0.25, 0.3) is 0 Å². The van der Waals surface area contributed by atoms with E-state index in [2.05, 4.69) is 34.2 Å². The summed E-state index contributed by atoms with van der Waals surface area (Å²) in [5, 5.41) is 4.38. The molecular formula is C13H17BrClN. The zero-order chi connectivity index (χ0) is 11.5. The van der Waals surface area contributed by atoms with Crippen LogP contribution in [0.3, 0.4) is 0 Å². The first-order valence-corrected chi connectivity index (χ1v) is 7.05. The topological polar surface area (TPSA) is 12.0 Å². The van der Waals surface area contributed by atoms with E-state index in [0.29, 0.717) is 0 Å². The molecule has 1 aromatic carbocycles. The maximum Gasteiger partial charge on any atom is 0.0417 e. The Morgan fingerprint density at radius 1 is 1.50 bits per heavy atom. The molecule has 1 aliphatic rings. The Hall–Kier alpha value is -0.0500. The van der Waals surface area contributed by atoms with Crippen LogP contribution in [0.15, 0.2) is 22.7 Å². The number of hydrogen-bond acceptors (Lipinski definition) is 1. The molecular weight excluding hydrogens is 286 g/mol. The normalized spacial score (nSPS) is 23.4. The fraction of sp³-hybridized carbons (Fsp3) is 0.538. The SMILES string of the molecule is CCCC1CC1NCc1ccc(Cl)cc1Br. The monoisotopic (exact) mass is 301 g/mol. The Kier molecular flexibility index (Phi) is 4.28. The number of hydrogen-bond donors (Lipinski definition) is 1. The molecule has 2 unspecified atom stereocenters. The number of rotatable bonds is 5. The van der Waals surface area contributed by atoms with Gasteiger partial charge in [-0.05, 0) is 36.5 Å². The van der Waals surface area contributed by atoms with Crippen LogP contribution < -0.4 is 5.32 Å². The largest absolute Gasteiger partial charge is 0.310 e. The van der Waals surface area contributed by atoms with E-state index in [1.54, 1.807) is 0 Å². The summed E-state index contributed by atoms with van der Waals surface area (Å²) in [5.74, 6) is 0.913. The summed E-state index contributed by atoms with van der Waals surface area (Å²) in [6, 6.07) is 6.72. The lowest BCUT2D eigenvalue weighted by atomic mass is 10.2. The quantitative estimate of drug-likeness (QED) is 0.851. The Balaban J connectivity index is 1.82. The molecule has 2 rings (SSSR count). The Morgan fingerprint density at radius 2 is 2.31 bits per heavy atom. The molecule has 0 radical (unpaired) electrons. The van der Waals surface area contributed by atoms with Gasteiger partial charge in [-0.15, -0.1) is 0 Å². The second kappa shape index (κ2) is 5.52. The third-order valence-electron chi connectivity index (χ3n) is 3.15. The molecule has 3 heteroatoms. The summed E-state index contributed by atoms with van der Waals surface area (Å²) in [6.07, 6.45) is 4.01. The number of halogens is 2. The molecule has 16 heavy (non-hydrogen) atoms. The molecule has 0 saturated heterocycles. The molecule has 0 bridgehead atoms. The Bertz CT molecular complexity index is 367. The number of benzene rings is 1. The highest BCUT2D eigenvalue weighted by atomic mass is 79.9. The van der Waals surface area contributed by atoms with E-state index in [1.807, 2.05) is 12.1 Å². The van der Waals surface area contributed by atoms with Crippen LogP contribution in [0.4, 0.5) is 0 Å². The van der Waals surface area contributed by atoms with Crippen LogP contribution in [0, 0.1) is 5.92 Å². The third-order valence-corrected chi connectivity index (χ3v) is 4.13. The molecule has 88 valence electrons. The van der Waals surface area contributed by atoms with E-state index >= 15 is 0 Å². The van der Waals surface area contributed by atoms with Crippen LogP contribution in [-0.4, -0.2) is 6.04 Å². The van der Waals surface area contributed by atoms with E-state index in [9.17, 15) is 0 Å².